The fraction of sp³-hybridized carbons (Fsp3) is 0.929. The molecule has 3 heteroatoms. The number of alkyl halides is 1. The zero-order valence-electron chi connectivity index (χ0n) is 10.5. The molecule has 0 aliphatic heterocycles. The minimum atomic E-state index is -0.456. The Kier molecular flexibility index (Phi) is 2.89. The van der Waals surface area contributed by atoms with E-state index in [1.165, 1.54) is 19.3 Å². The number of ether oxygens (including phenoxy) is 1. The molecule has 1 atom stereocenters. The Morgan fingerprint density at radius 1 is 1.24 bits per heavy atom. The summed E-state index contributed by atoms with van der Waals surface area (Å²) in [7, 11) is 0. The highest BCUT2D eigenvalue weighted by Crippen LogP contribution is 2.57. The number of esters is 1. The standard InChI is InChI=1S/C14H21ClO2/c1-2-12(15)13(16)17-14-6-9-3-10(7-14)5-11(4-9)8-14/h9-12H,2-8H2,1H3. The minimum Gasteiger partial charge on any atom is -0.458 e. The van der Waals surface area contributed by atoms with Gasteiger partial charge in [0.05, 0.1) is 0 Å². The Balaban J connectivity index is 1.72. The number of hydrogen-bond donors (Lipinski definition) is 0. The highest BCUT2D eigenvalue weighted by molar-refractivity contribution is 6.29. The van der Waals surface area contributed by atoms with Crippen molar-refractivity contribution in [2.24, 2.45) is 17.8 Å². The third-order valence-electron chi connectivity index (χ3n) is 4.91. The third-order valence-corrected chi connectivity index (χ3v) is 5.40. The summed E-state index contributed by atoms with van der Waals surface area (Å²) in [6, 6.07) is 0. The molecule has 4 rings (SSSR count). The van der Waals surface area contributed by atoms with E-state index in [1.807, 2.05) is 6.92 Å². The number of rotatable bonds is 3. The molecule has 0 N–H and O–H groups in total. The van der Waals surface area contributed by atoms with Gasteiger partial charge in [0, 0.05) is 0 Å². The number of carbonyl (C=O) groups excluding carboxylic acids is 1. The lowest BCUT2D eigenvalue weighted by Crippen LogP contribution is -2.53. The second-order valence-electron chi connectivity index (χ2n) is 6.40. The lowest BCUT2D eigenvalue weighted by atomic mass is 9.54. The molecule has 4 aliphatic rings. The largest absolute Gasteiger partial charge is 0.458 e. The fourth-order valence-corrected chi connectivity index (χ4v) is 4.64. The van der Waals surface area contributed by atoms with Gasteiger partial charge in [0.1, 0.15) is 11.0 Å². The maximum Gasteiger partial charge on any atom is 0.324 e. The highest BCUT2D eigenvalue weighted by atomic mass is 35.5. The van der Waals surface area contributed by atoms with E-state index >= 15 is 0 Å². The molecule has 0 aromatic rings. The summed E-state index contributed by atoms with van der Waals surface area (Å²) in [4.78, 5) is 11.9. The molecule has 0 amide bonds. The van der Waals surface area contributed by atoms with Gasteiger partial charge in [0.15, 0.2) is 0 Å². The lowest BCUT2D eigenvalue weighted by molar-refractivity contribution is -0.186. The summed E-state index contributed by atoms with van der Waals surface area (Å²) >= 11 is 5.98. The SMILES string of the molecule is CCC(Cl)C(=O)OC12CC3CC(CC(C3)C1)C2. The first kappa shape index (κ1) is 11.8. The van der Waals surface area contributed by atoms with Crippen molar-refractivity contribution in [2.75, 3.05) is 0 Å². The molecule has 0 aromatic heterocycles. The van der Waals surface area contributed by atoms with Crippen LogP contribution in [0.25, 0.3) is 0 Å². The van der Waals surface area contributed by atoms with Crippen molar-refractivity contribution >= 4 is 17.6 Å². The maximum absolute atomic E-state index is 11.9. The first-order chi connectivity index (χ1) is 8.10. The van der Waals surface area contributed by atoms with Crippen molar-refractivity contribution in [3.8, 4) is 0 Å². The van der Waals surface area contributed by atoms with E-state index in [0.29, 0.717) is 6.42 Å². The Morgan fingerprint density at radius 2 is 1.71 bits per heavy atom. The van der Waals surface area contributed by atoms with E-state index in [4.69, 9.17) is 16.3 Å². The van der Waals surface area contributed by atoms with Crippen molar-refractivity contribution < 1.29 is 9.53 Å². The van der Waals surface area contributed by atoms with Crippen LogP contribution < -0.4 is 0 Å². The Hall–Kier alpha value is -0.240. The monoisotopic (exact) mass is 256 g/mol. The van der Waals surface area contributed by atoms with Gasteiger partial charge >= 0.3 is 5.97 Å². The van der Waals surface area contributed by atoms with Crippen LogP contribution in [0, 0.1) is 17.8 Å². The molecule has 4 aliphatic carbocycles. The molecule has 0 heterocycles. The summed E-state index contributed by atoms with van der Waals surface area (Å²) in [5.41, 5.74) is -0.131. The van der Waals surface area contributed by atoms with Gasteiger partial charge in [0.2, 0.25) is 0 Å². The van der Waals surface area contributed by atoms with Crippen molar-refractivity contribution in [2.45, 2.75) is 62.8 Å². The zero-order valence-corrected chi connectivity index (χ0v) is 11.2. The predicted molar refractivity (Wildman–Crippen MR) is 66.9 cm³/mol. The van der Waals surface area contributed by atoms with Gasteiger partial charge in [-0.3, -0.25) is 4.79 Å². The fourth-order valence-electron chi connectivity index (χ4n) is 4.60. The van der Waals surface area contributed by atoms with Crippen LogP contribution in [0.2, 0.25) is 0 Å². The number of hydrogen-bond acceptors (Lipinski definition) is 2. The maximum atomic E-state index is 11.9. The molecule has 4 saturated carbocycles. The molecule has 96 valence electrons. The quantitative estimate of drug-likeness (QED) is 0.571. The van der Waals surface area contributed by atoms with Gasteiger partial charge in [-0.05, 0) is 62.7 Å². The van der Waals surface area contributed by atoms with Gasteiger partial charge in [-0.2, -0.15) is 0 Å². The van der Waals surface area contributed by atoms with E-state index in [1.54, 1.807) is 0 Å². The summed E-state index contributed by atoms with van der Waals surface area (Å²) in [5.74, 6) is 2.24. The summed E-state index contributed by atoms with van der Waals surface area (Å²) in [5, 5.41) is -0.456. The molecule has 17 heavy (non-hydrogen) atoms. The molecule has 1 unspecified atom stereocenters. The van der Waals surface area contributed by atoms with E-state index in [9.17, 15) is 4.79 Å². The first-order valence-electron chi connectivity index (χ1n) is 6.97. The van der Waals surface area contributed by atoms with Crippen LogP contribution in [-0.4, -0.2) is 16.9 Å². The second kappa shape index (κ2) is 4.15. The third kappa shape index (κ3) is 2.09. The molecular formula is C14H21ClO2. The van der Waals surface area contributed by atoms with Crippen LogP contribution in [0.5, 0.6) is 0 Å². The number of carbonyl (C=O) groups is 1. The van der Waals surface area contributed by atoms with E-state index < -0.39 is 5.38 Å². The van der Waals surface area contributed by atoms with Crippen LogP contribution in [0.4, 0.5) is 0 Å². The van der Waals surface area contributed by atoms with Crippen molar-refractivity contribution in [3.63, 3.8) is 0 Å². The number of halogens is 1. The molecule has 4 fully saturated rings. The van der Waals surface area contributed by atoms with Gasteiger partial charge in [-0.15, -0.1) is 11.6 Å². The summed E-state index contributed by atoms with van der Waals surface area (Å²) in [6.45, 7) is 1.93. The van der Waals surface area contributed by atoms with Crippen LogP contribution in [0.15, 0.2) is 0 Å². The molecule has 0 spiro atoms. The van der Waals surface area contributed by atoms with E-state index in [-0.39, 0.29) is 11.6 Å². The van der Waals surface area contributed by atoms with Gasteiger partial charge < -0.3 is 4.74 Å². The topological polar surface area (TPSA) is 26.3 Å². The van der Waals surface area contributed by atoms with Crippen LogP contribution in [-0.2, 0) is 9.53 Å². The summed E-state index contributed by atoms with van der Waals surface area (Å²) < 4.78 is 5.83. The van der Waals surface area contributed by atoms with E-state index in [0.717, 1.165) is 37.0 Å². The smallest absolute Gasteiger partial charge is 0.324 e. The Labute approximate surface area is 108 Å². The zero-order chi connectivity index (χ0) is 12.0. The molecule has 0 radical (unpaired) electrons. The van der Waals surface area contributed by atoms with Gasteiger partial charge in [-0.1, -0.05) is 6.92 Å². The lowest BCUT2D eigenvalue weighted by Gasteiger charge is -2.55. The minimum absolute atomic E-state index is 0.131. The first-order valence-corrected chi connectivity index (χ1v) is 7.41. The summed E-state index contributed by atoms with van der Waals surface area (Å²) in [6.07, 6.45) is 8.06. The van der Waals surface area contributed by atoms with Crippen molar-refractivity contribution in [1.82, 2.24) is 0 Å². The van der Waals surface area contributed by atoms with Gasteiger partial charge in [0.25, 0.3) is 0 Å². The van der Waals surface area contributed by atoms with Crippen molar-refractivity contribution in [3.05, 3.63) is 0 Å². The highest BCUT2D eigenvalue weighted by Gasteiger charge is 2.53. The van der Waals surface area contributed by atoms with Crippen LogP contribution in [0.1, 0.15) is 51.9 Å². The Bertz CT molecular complexity index is 291. The van der Waals surface area contributed by atoms with Crippen molar-refractivity contribution in [1.29, 1.82) is 0 Å². The normalized spacial score (nSPS) is 44.7. The Morgan fingerprint density at radius 3 is 2.12 bits per heavy atom. The molecular weight excluding hydrogens is 236 g/mol. The molecule has 0 saturated heterocycles. The van der Waals surface area contributed by atoms with Crippen LogP contribution in [0.3, 0.4) is 0 Å². The average molecular weight is 257 g/mol. The molecule has 0 aromatic carbocycles. The second-order valence-corrected chi connectivity index (χ2v) is 6.92. The van der Waals surface area contributed by atoms with Gasteiger partial charge in [-0.25, -0.2) is 0 Å². The predicted octanol–water partition coefficient (Wildman–Crippen LogP) is 3.52. The molecule has 4 bridgehead atoms. The van der Waals surface area contributed by atoms with E-state index in [2.05, 4.69) is 0 Å². The molecule has 2 nitrogen and oxygen atoms in total. The average Bonchev–Trinajstić information content (AvgIpc) is 2.25. The van der Waals surface area contributed by atoms with Crippen LogP contribution >= 0.6 is 11.6 Å².